The average molecular weight is 261 g/mol. The molecule has 0 aromatic heterocycles. The molecule has 0 saturated carbocycles. The van der Waals surface area contributed by atoms with E-state index in [4.69, 9.17) is 4.74 Å². The highest BCUT2D eigenvalue weighted by Gasteiger charge is 2.48. The number of hydrogen-bond acceptors (Lipinski definition) is 3. The van der Waals surface area contributed by atoms with Crippen molar-refractivity contribution in [2.24, 2.45) is 11.8 Å². The van der Waals surface area contributed by atoms with Crippen LogP contribution < -0.4 is 5.32 Å². The largest absolute Gasteiger partial charge is 0.469 e. The van der Waals surface area contributed by atoms with Gasteiger partial charge in [0.25, 0.3) is 0 Å². The highest BCUT2D eigenvalue weighted by atomic mass is 16.5. The van der Waals surface area contributed by atoms with Gasteiger partial charge in [-0.2, -0.15) is 0 Å². The summed E-state index contributed by atoms with van der Waals surface area (Å²) in [6.07, 6.45) is 0.990. The van der Waals surface area contributed by atoms with Crippen molar-refractivity contribution >= 4 is 5.97 Å². The van der Waals surface area contributed by atoms with Crippen LogP contribution in [0.5, 0.6) is 0 Å². The van der Waals surface area contributed by atoms with Crippen LogP contribution in [-0.4, -0.2) is 26.2 Å². The normalized spacial score (nSPS) is 26.6. The lowest BCUT2D eigenvalue weighted by molar-refractivity contribution is -0.147. The maximum atomic E-state index is 12.1. The zero-order valence-electron chi connectivity index (χ0n) is 12.0. The van der Waals surface area contributed by atoms with Crippen molar-refractivity contribution in [3.63, 3.8) is 0 Å². The Morgan fingerprint density at radius 3 is 2.68 bits per heavy atom. The maximum Gasteiger partial charge on any atom is 0.310 e. The van der Waals surface area contributed by atoms with E-state index in [-0.39, 0.29) is 17.3 Å². The van der Waals surface area contributed by atoms with E-state index in [2.05, 4.69) is 31.3 Å². The van der Waals surface area contributed by atoms with Gasteiger partial charge in [-0.3, -0.25) is 4.79 Å². The molecular formula is C16H23NO2. The first-order valence-electron chi connectivity index (χ1n) is 6.94. The topological polar surface area (TPSA) is 38.3 Å². The third kappa shape index (κ3) is 2.66. The minimum absolute atomic E-state index is 0.0951. The van der Waals surface area contributed by atoms with Crippen LogP contribution in [0.2, 0.25) is 0 Å². The molecule has 0 amide bonds. The second kappa shape index (κ2) is 5.74. The van der Waals surface area contributed by atoms with Gasteiger partial charge in [-0.25, -0.2) is 0 Å². The molecule has 104 valence electrons. The second-order valence-corrected chi connectivity index (χ2v) is 5.83. The number of benzene rings is 1. The lowest BCUT2D eigenvalue weighted by atomic mass is 9.68. The van der Waals surface area contributed by atoms with Gasteiger partial charge in [0.05, 0.1) is 13.0 Å². The van der Waals surface area contributed by atoms with Gasteiger partial charge in [0, 0.05) is 18.5 Å². The molecule has 1 aliphatic heterocycles. The average Bonchev–Trinajstić information content (AvgIpc) is 2.83. The molecule has 1 N–H and O–H groups in total. The number of rotatable bonds is 4. The van der Waals surface area contributed by atoms with Crippen molar-refractivity contribution in [2.75, 3.05) is 20.2 Å². The van der Waals surface area contributed by atoms with E-state index in [1.165, 1.54) is 12.7 Å². The summed E-state index contributed by atoms with van der Waals surface area (Å²) in [6, 6.07) is 10.4. The van der Waals surface area contributed by atoms with Crippen molar-refractivity contribution in [3.8, 4) is 0 Å². The van der Waals surface area contributed by atoms with Gasteiger partial charge in [-0.1, -0.05) is 44.2 Å². The molecule has 1 aliphatic rings. The first-order valence-corrected chi connectivity index (χ1v) is 6.94. The molecule has 19 heavy (non-hydrogen) atoms. The Hall–Kier alpha value is -1.35. The predicted octanol–water partition coefficient (Wildman–Crippen LogP) is 2.36. The van der Waals surface area contributed by atoms with Crippen LogP contribution >= 0.6 is 0 Å². The number of ether oxygens (including phenoxy) is 1. The summed E-state index contributed by atoms with van der Waals surface area (Å²) in [4.78, 5) is 12.1. The summed E-state index contributed by atoms with van der Waals surface area (Å²) in [5.74, 6) is 0.337. The molecule has 3 heteroatoms. The van der Waals surface area contributed by atoms with Crippen LogP contribution in [0.25, 0.3) is 0 Å². The molecule has 0 aliphatic carbocycles. The Morgan fingerprint density at radius 2 is 2.11 bits per heavy atom. The minimum atomic E-state index is -0.136. The van der Waals surface area contributed by atoms with Gasteiger partial charge in [-0.05, 0) is 17.9 Å². The minimum Gasteiger partial charge on any atom is -0.469 e. The first kappa shape index (κ1) is 14.1. The smallest absolute Gasteiger partial charge is 0.310 e. The van der Waals surface area contributed by atoms with E-state index in [1.54, 1.807) is 0 Å². The van der Waals surface area contributed by atoms with Crippen LogP contribution in [0.4, 0.5) is 0 Å². The molecular weight excluding hydrogens is 238 g/mol. The molecule has 3 nitrogen and oxygen atoms in total. The monoisotopic (exact) mass is 261 g/mol. The van der Waals surface area contributed by atoms with Gasteiger partial charge in [0.1, 0.15) is 0 Å². The Labute approximate surface area is 115 Å². The predicted molar refractivity (Wildman–Crippen MR) is 76.0 cm³/mol. The fourth-order valence-electron chi connectivity index (χ4n) is 3.34. The highest BCUT2D eigenvalue weighted by molar-refractivity contribution is 5.75. The van der Waals surface area contributed by atoms with Crippen LogP contribution in [0, 0.1) is 11.8 Å². The molecule has 1 fully saturated rings. The molecule has 1 heterocycles. The molecule has 2 unspecified atom stereocenters. The zero-order valence-corrected chi connectivity index (χ0v) is 12.0. The van der Waals surface area contributed by atoms with E-state index in [1.807, 2.05) is 18.2 Å². The van der Waals surface area contributed by atoms with Gasteiger partial charge < -0.3 is 10.1 Å². The van der Waals surface area contributed by atoms with Crippen molar-refractivity contribution in [1.82, 2.24) is 5.32 Å². The molecule has 0 radical (unpaired) electrons. The van der Waals surface area contributed by atoms with E-state index >= 15 is 0 Å². The van der Waals surface area contributed by atoms with Crippen molar-refractivity contribution < 1.29 is 9.53 Å². The Morgan fingerprint density at radius 1 is 1.42 bits per heavy atom. The number of hydrogen-bond donors (Lipinski definition) is 1. The van der Waals surface area contributed by atoms with E-state index in [0.29, 0.717) is 12.5 Å². The van der Waals surface area contributed by atoms with Crippen LogP contribution in [-0.2, 0) is 14.9 Å². The SMILES string of the molecule is COC(=O)C1CNCC1(CC(C)C)c1ccccc1. The Bertz CT molecular complexity index is 430. The standard InChI is InChI=1S/C16H23NO2/c1-12(2)9-16(13-7-5-4-6-8-13)11-17-10-14(16)15(18)19-3/h4-8,12,14,17H,9-11H2,1-3H3. The van der Waals surface area contributed by atoms with E-state index in [0.717, 1.165) is 13.0 Å². The third-order valence-electron chi connectivity index (χ3n) is 4.06. The number of carbonyl (C=O) groups is 1. The molecule has 1 aromatic rings. The summed E-state index contributed by atoms with van der Waals surface area (Å²) in [5.41, 5.74) is 1.10. The van der Waals surface area contributed by atoms with Gasteiger partial charge in [0.15, 0.2) is 0 Å². The maximum absolute atomic E-state index is 12.1. The fourth-order valence-corrected chi connectivity index (χ4v) is 3.34. The molecule has 2 atom stereocenters. The molecule has 1 saturated heterocycles. The highest BCUT2D eigenvalue weighted by Crippen LogP contribution is 2.41. The summed E-state index contributed by atoms with van der Waals surface area (Å²) in [7, 11) is 1.48. The Balaban J connectivity index is 2.42. The summed E-state index contributed by atoms with van der Waals surface area (Å²) in [5, 5.41) is 3.38. The van der Waals surface area contributed by atoms with Crippen LogP contribution in [0.3, 0.4) is 0 Å². The summed E-state index contributed by atoms with van der Waals surface area (Å²) >= 11 is 0. The fraction of sp³-hybridized carbons (Fsp3) is 0.562. The summed E-state index contributed by atoms with van der Waals surface area (Å²) in [6.45, 7) is 5.96. The second-order valence-electron chi connectivity index (χ2n) is 5.83. The first-order chi connectivity index (χ1) is 9.10. The van der Waals surface area contributed by atoms with Crippen LogP contribution in [0.1, 0.15) is 25.8 Å². The number of esters is 1. The molecule has 2 rings (SSSR count). The van der Waals surface area contributed by atoms with Gasteiger partial charge >= 0.3 is 5.97 Å². The van der Waals surface area contributed by atoms with E-state index < -0.39 is 0 Å². The number of nitrogens with one attached hydrogen (secondary N) is 1. The quantitative estimate of drug-likeness (QED) is 0.846. The van der Waals surface area contributed by atoms with Crippen molar-refractivity contribution in [3.05, 3.63) is 35.9 Å². The van der Waals surface area contributed by atoms with Crippen LogP contribution in [0.15, 0.2) is 30.3 Å². The lowest BCUT2D eigenvalue weighted by Crippen LogP contribution is -2.41. The molecule has 0 spiro atoms. The Kier molecular flexibility index (Phi) is 4.25. The van der Waals surface area contributed by atoms with Gasteiger partial charge in [-0.15, -0.1) is 0 Å². The summed E-state index contributed by atoms with van der Waals surface area (Å²) < 4.78 is 5.01. The van der Waals surface area contributed by atoms with Crippen molar-refractivity contribution in [2.45, 2.75) is 25.7 Å². The van der Waals surface area contributed by atoms with Gasteiger partial charge in [0.2, 0.25) is 0 Å². The van der Waals surface area contributed by atoms with E-state index in [9.17, 15) is 4.79 Å². The number of methoxy groups -OCH3 is 1. The lowest BCUT2D eigenvalue weighted by Gasteiger charge is -2.35. The zero-order chi connectivity index (χ0) is 13.9. The molecule has 1 aromatic carbocycles. The van der Waals surface area contributed by atoms with Crippen molar-refractivity contribution in [1.29, 1.82) is 0 Å². The molecule has 0 bridgehead atoms. The third-order valence-corrected chi connectivity index (χ3v) is 4.06. The number of carbonyl (C=O) groups excluding carboxylic acids is 1.